The summed E-state index contributed by atoms with van der Waals surface area (Å²) in [6.07, 6.45) is 0. The Morgan fingerprint density at radius 3 is 2.89 bits per heavy atom. The molecule has 1 aromatic rings. The first-order valence-electron chi connectivity index (χ1n) is 5.90. The average molecular weight is 254 g/mol. The van der Waals surface area contributed by atoms with E-state index in [9.17, 15) is 4.79 Å². The second-order valence-corrected chi connectivity index (χ2v) is 4.57. The van der Waals surface area contributed by atoms with E-state index >= 15 is 0 Å². The quantitative estimate of drug-likeness (QED) is 0.746. The number of amides is 1. The molecule has 0 radical (unpaired) electrons. The van der Waals surface area contributed by atoms with E-state index in [1.54, 1.807) is 11.8 Å². The molecular formula is C11H18N4O3. The number of ether oxygens (including phenoxy) is 1. The summed E-state index contributed by atoms with van der Waals surface area (Å²) in [6, 6.07) is -0.271. The number of morpholine rings is 1. The molecule has 0 aromatic carbocycles. The van der Waals surface area contributed by atoms with Crippen LogP contribution in [-0.4, -0.2) is 66.3 Å². The lowest BCUT2D eigenvalue weighted by molar-refractivity contribution is -0.141. The van der Waals surface area contributed by atoms with Crippen LogP contribution in [0.15, 0.2) is 4.42 Å². The van der Waals surface area contributed by atoms with Crippen LogP contribution in [0.1, 0.15) is 17.8 Å². The minimum atomic E-state index is -0.271. The molecule has 2 rings (SSSR count). The van der Waals surface area contributed by atoms with Gasteiger partial charge in [-0.2, -0.15) is 0 Å². The predicted molar refractivity (Wildman–Crippen MR) is 62.9 cm³/mol. The van der Waals surface area contributed by atoms with Crippen molar-refractivity contribution < 1.29 is 13.9 Å². The van der Waals surface area contributed by atoms with Crippen molar-refractivity contribution in [1.29, 1.82) is 0 Å². The van der Waals surface area contributed by atoms with Gasteiger partial charge in [0.15, 0.2) is 0 Å². The number of hydrogen-bond donors (Lipinski definition) is 0. The summed E-state index contributed by atoms with van der Waals surface area (Å²) in [5.74, 6) is 0.985. The Morgan fingerprint density at radius 1 is 1.50 bits per heavy atom. The van der Waals surface area contributed by atoms with Gasteiger partial charge in [-0.1, -0.05) is 0 Å². The number of carbonyl (C=O) groups excluding carboxylic acids is 1. The maximum atomic E-state index is 12.1. The molecule has 100 valence electrons. The number of aromatic nitrogens is 2. The van der Waals surface area contributed by atoms with E-state index < -0.39 is 0 Å². The lowest BCUT2D eigenvalue weighted by Crippen LogP contribution is -2.46. The van der Waals surface area contributed by atoms with Gasteiger partial charge >= 0.3 is 0 Å². The van der Waals surface area contributed by atoms with Crippen molar-refractivity contribution >= 4 is 5.91 Å². The number of carbonyl (C=O) groups is 1. The summed E-state index contributed by atoms with van der Waals surface area (Å²) in [5.41, 5.74) is 0. The van der Waals surface area contributed by atoms with E-state index in [-0.39, 0.29) is 11.9 Å². The van der Waals surface area contributed by atoms with Crippen LogP contribution in [0.3, 0.4) is 0 Å². The third-order valence-electron chi connectivity index (χ3n) is 2.73. The molecular weight excluding hydrogens is 236 g/mol. The molecule has 1 amide bonds. The van der Waals surface area contributed by atoms with Crippen LogP contribution in [0.25, 0.3) is 0 Å². The summed E-state index contributed by atoms with van der Waals surface area (Å²) in [5, 5.41) is 7.77. The van der Waals surface area contributed by atoms with Gasteiger partial charge in [-0.25, -0.2) is 0 Å². The van der Waals surface area contributed by atoms with Gasteiger partial charge in [-0.05, 0) is 14.1 Å². The molecule has 18 heavy (non-hydrogen) atoms. The molecule has 1 saturated heterocycles. The largest absolute Gasteiger partial charge is 0.423 e. The van der Waals surface area contributed by atoms with Crippen molar-refractivity contribution in [2.75, 3.05) is 40.4 Å². The Balaban J connectivity index is 2.13. The molecule has 2 heterocycles. The summed E-state index contributed by atoms with van der Waals surface area (Å²) >= 11 is 0. The molecule has 1 aliphatic heterocycles. The Bertz CT molecular complexity index is 418. The molecule has 0 spiro atoms. The normalized spacial score (nSPS) is 20.4. The van der Waals surface area contributed by atoms with Crippen molar-refractivity contribution in [1.82, 2.24) is 20.0 Å². The van der Waals surface area contributed by atoms with E-state index in [2.05, 4.69) is 10.2 Å². The first-order chi connectivity index (χ1) is 8.58. The van der Waals surface area contributed by atoms with Crippen molar-refractivity contribution in [3.8, 4) is 0 Å². The minimum absolute atomic E-state index is 0.0455. The second-order valence-electron chi connectivity index (χ2n) is 4.57. The van der Waals surface area contributed by atoms with Gasteiger partial charge in [0, 0.05) is 13.5 Å². The first-order valence-corrected chi connectivity index (χ1v) is 5.90. The van der Waals surface area contributed by atoms with Gasteiger partial charge in [0.05, 0.1) is 19.8 Å². The van der Waals surface area contributed by atoms with Gasteiger partial charge in [-0.3, -0.25) is 4.79 Å². The molecule has 7 nitrogen and oxygen atoms in total. The second kappa shape index (κ2) is 5.45. The third-order valence-corrected chi connectivity index (χ3v) is 2.73. The number of likely N-dealkylation sites (N-methyl/N-ethyl adjacent to an activating group) is 1. The SMILES string of the molecule is Cc1nnc(C2COCCN2C(=O)CN(C)C)o1. The Kier molecular flexibility index (Phi) is 3.93. The van der Waals surface area contributed by atoms with Crippen molar-refractivity contribution in [3.63, 3.8) is 0 Å². The highest BCUT2D eigenvalue weighted by Gasteiger charge is 2.32. The van der Waals surface area contributed by atoms with Crippen LogP contribution in [0.5, 0.6) is 0 Å². The van der Waals surface area contributed by atoms with Crippen molar-refractivity contribution in [3.05, 3.63) is 11.8 Å². The molecule has 1 aromatic heterocycles. The maximum Gasteiger partial charge on any atom is 0.241 e. The van der Waals surface area contributed by atoms with E-state index in [0.29, 0.717) is 38.1 Å². The van der Waals surface area contributed by atoms with Crippen LogP contribution in [0.2, 0.25) is 0 Å². The zero-order valence-corrected chi connectivity index (χ0v) is 10.9. The zero-order chi connectivity index (χ0) is 13.1. The molecule has 1 unspecified atom stereocenters. The van der Waals surface area contributed by atoms with Crippen LogP contribution in [-0.2, 0) is 9.53 Å². The predicted octanol–water partition coefficient (Wildman–Crippen LogP) is -0.160. The molecule has 1 atom stereocenters. The molecule has 0 bridgehead atoms. The summed E-state index contributed by atoms with van der Waals surface area (Å²) in [7, 11) is 3.73. The number of aryl methyl sites for hydroxylation is 1. The van der Waals surface area contributed by atoms with Gasteiger partial charge in [0.25, 0.3) is 0 Å². The van der Waals surface area contributed by atoms with Gasteiger partial charge in [-0.15, -0.1) is 10.2 Å². The average Bonchev–Trinajstić information content (AvgIpc) is 2.75. The van der Waals surface area contributed by atoms with E-state index in [1.807, 2.05) is 19.0 Å². The molecule has 1 aliphatic rings. The van der Waals surface area contributed by atoms with Gasteiger partial charge in [0.1, 0.15) is 6.04 Å². The van der Waals surface area contributed by atoms with Gasteiger partial charge in [0.2, 0.25) is 17.7 Å². The number of hydrogen-bond acceptors (Lipinski definition) is 6. The van der Waals surface area contributed by atoms with E-state index in [0.717, 1.165) is 0 Å². The lowest BCUT2D eigenvalue weighted by atomic mass is 10.2. The van der Waals surface area contributed by atoms with Crippen LogP contribution < -0.4 is 0 Å². The fourth-order valence-corrected chi connectivity index (χ4v) is 1.91. The zero-order valence-electron chi connectivity index (χ0n) is 10.9. The molecule has 0 aliphatic carbocycles. The maximum absolute atomic E-state index is 12.1. The first kappa shape index (κ1) is 13.0. The van der Waals surface area contributed by atoms with Crippen LogP contribution in [0, 0.1) is 6.92 Å². The summed E-state index contributed by atoms with van der Waals surface area (Å²) < 4.78 is 10.8. The lowest BCUT2D eigenvalue weighted by Gasteiger charge is -2.34. The highest BCUT2D eigenvalue weighted by Crippen LogP contribution is 2.23. The Morgan fingerprint density at radius 2 is 2.28 bits per heavy atom. The highest BCUT2D eigenvalue weighted by molar-refractivity contribution is 5.78. The third kappa shape index (κ3) is 2.85. The Hall–Kier alpha value is -1.47. The Labute approximate surface area is 106 Å². The van der Waals surface area contributed by atoms with E-state index in [1.165, 1.54) is 0 Å². The minimum Gasteiger partial charge on any atom is -0.423 e. The van der Waals surface area contributed by atoms with Crippen molar-refractivity contribution in [2.24, 2.45) is 0 Å². The van der Waals surface area contributed by atoms with Crippen LogP contribution >= 0.6 is 0 Å². The molecule has 1 fully saturated rings. The van der Waals surface area contributed by atoms with Gasteiger partial charge < -0.3 is 19.0 Å². The fourth-order valence-electron chi connectivity index (χ4n) is 1.91. The smallest absolute Gasteiger partial charge is 0.241 e. The fraction of sp³-hybridized carbons (Fsp3) is 0.727. The molecule has 7 heteroatoms. The van der Waals surface area contributed by atoms with Crippen LogP contribution in [0.4, 0.5) is 0 Å². The molecule has 0 saturated carbocycles. The number of nitrogens with zero attached hydrogens (tertiary/aromatic N) is 4. The highest BCUT2D eigenvalue weighted by atomic mass is 16.5. The molecule has 0 N–H and O–H groups in total. The topological polar surface area (TPSA) is 71.7 Å². The standard InChI is InChI=1S/C11H18N4O3/c1-8-12-13-11(18-8)9-7-17-5-4-15(9)10(16)6-14(2)3/h9H,4-7H2,1-3H3. The monoisotopic (exact) mass is 254 g/mol. The summed E-state index contributed by atoms with van der Waals surface area (Å²) in [6.45, 7) is 3.60. The summed E-state index contributed by atoms with van der Waals surface area (Å²) in [4.78, 5) is 15.7. The number of rotatable bonds is 3. The van der Waals surface area contributed by atoms with Crippen molar-refractivity contribution in [2.45, 2.75) is 13.0 Å². The van der Waals surface area contributed by atoms with E-state index in [4.69, 9.17) is 9.15 Å².